The van der Waals surface area contributed by atoms with Crippen LogP contribution in [0.5, 0.6) is 0 Å². The summed E-state index contributed by atoms with van der Waals surface area (Å²) in [5, 5.41) is 5.76. The van der Waals surface area contributed by atoms with Crippen LogP contribution in [0.1, 0.15) is 45.4 Å². The highest BCUT2D eigenvalue weighted by molar-refractivity contribution is 8.13. The van der Waals surface area contributed by atoms with Crippen LogP contribution in [-0.2, 0) is 0 Å². The topological polar surface area (TPSA) is 24.4 Å². The fraction of sp³-hybridized carbons (Fsp3) is 0.923. The van der Waals surface area contributed by atoms with Gasteiger partial charge in [-0.25, -0.2) is 0 Å². The molecular weight excluding hydrogens is 248 g/mol. The Morgan fingerprint density at radius 1 is 1.41 bits per heavy atom. The highest BCUT2D eigenvalue weighted by atomic mass is 32.2. The van der Waals surface area contributed by atoms with Crippen molar-refractivity contribution < 1.29 is 0 Å². The summed E-state index contributed by atoms with van der Waals surface area (Å²) in [5.74, 6) is 1.24. The number of nitrogens with zero attached hydrogens (tertiary/aromatic N) is 1. The third kappa shape index (κ3) is 4.09. The highest BCUT2D eigenvalue weighted by Gasteiger charge is 2.23. The number of thioether (sulfide) groups is 2. The van der Waals surface area contributed by atoms with Gasteiger partial charge >= 0.3 is 0 Å². The fourth-order valence-corrected chi connectivity index (χ4v) is 4.48. The molecule has 4 heteroatoms. The highest BCUT2D eigenvalue weighted by Crippen LogP contribution is 2.28. The van der Waals surface area contributed by atoms with Gasteiger partial charge in [-0.1, -0.05) is 25.1 Å². The molecule has 1 heterocycles. The Bertz CT molecular complexity index is 268. The molecular formula is C13H24N2S2. The molecule has 17 heavy (non-hydrogen) atoms. The first-order chi connectivity index (χ1) is 8.31. The molecule has 1 N–H and O–H groups in total. The first-order valence-corrected chi connectivity index (χ1v) is 9.09. The van der Waals surface area contributed by atoms with Crippen LogP contribution in [-0.4, -0.2) is 34.5 Å². The van der Waals surface area contributed by atoms with Crippen LogP contribution in [0.3, 0.4) is 0 Å². The van der Waals surface area contributed by atoms with Crippen LogP contribution in [0.25, 0.3) is 0 Å². The van der Waals surface area contributed by atoms with E-state index in [4.69, 9.17) is 4.99 Å². The summed E-state index contributed by atoms with van der Waals surface area (Å²) < 4.78 is 0. The Hall–Kier alpha value is 0.170. The van der Waals surface area contributed by atoms with E-state index in [1.807, 2.05) is 23.5 Å². The van der Waals surface area contributed by atoms with E-state index in [0.29, 0.717) is 12.1 Å². The molecule has 0 saturated heterocycles. The van der Waals surface area contributed by atoms with E-state index >= 15 is 0 Å². The van der Waals surface area contributed by atoms with E-state index in [-0.39, 0.29) is 0 Å². The standard InChI is InChI=1S/C13H24N2S2/c1-3-10-7-8-17-13(14-10)15-11-5-4-6-12(9-11)16-2/h10-12H,3-9H2,1-2H3,(H,14,15). The molecule has 1 saturated carbocycles. The van der Waals surface area contributed by atoms with Crippen LogP contribution >= 0.6 is 23.5 Å². The second-order valence-electron chi connectivity index (χ2n) is 5.00. The van der Waals surface area contributed by atoms with E-state index in [1.54, 1.807) is 0 Å². The van der Waals surface area contributed by atoms with Gasteiger partial charge in [0.25, 0.3) is 0 Å². The predicted molar refractivity (Wildman–Crippen MR) is 81.3 cm³/mol. The maximum Gasteiger partial charge on any atom is 0.157 e. The maximum atomic E-state index is 4.81. The lowest BCUT2D eigenvalue weighted by Gasteiger charge is -2.31. The minimum absolute atomic E-state index is 0.568. The van der Waals surface area contributed by atoms with Crippen molar-refractivity contribution >= 4 is 28.7 Å². The SMILES string of the molecule is CCC1CCSC(NC2CCCC(SC)C2)=N1. The summed E-state index contributed by atoms with van der Waals surface area (Å²) >= 11 is 3.95. The van der Waals surface area contributed by atoms with Gasteiger partial charge in [-0.05, 0) is 38.4 Å². The van der Waals surface area contributed by atoms with Gasteiger partial charge in [-0.15, -0.1) is 0 Å². The molecule has 1 aliphatic carbocycles. The van der Waals surface area contributed by atoms with Crippen molar-refractivity contribution in [3.63, 3.8) is 0 Å². The molecule has 0 bridgehead atoms. The van der Waals surface area contributed by atoms with Gasteiger partial charge in [0.2, 0.25) is 0 Å². The van der Waals surface area contributed by atoms with Crippen molar-refractivity contribution in [2.75, 3.05) is 12.0 Å². The summed E-state index contributed by atoms with van der Waals surface area (Å²) in [6.45, 7) is 2.24. The minimum atomic E-state index is 0.568. The quantitative estimate of drug-likeness (QED) is 0.850. The average molecular weight is 272 g/mol. The molecule has 98 valence electrons. The molecule has 0 radical (unpaired) electrons. The van der Waals surface area contributed by atoms with Gasteiger partial charge in [0.05, 0.1) is 6.04 Å². The molecule has 3 atom stereocenters. The van der Waals surface area contributed by atoms with Gasteiger partial charge in [-0.2, -0.15) is 11.8 Å². The van der Waals surface area contributed by atoms with Crippen LogP contribution < -0.4 is 5.32 Å². The van der Waals surface area contributed by atoms with Gasteiger partial charge in [0.15, 0.2) is 5.17 Å². The maximum absolute atomic E-state index is 4.81. The van der Waals surface area contributed by atoms with Crippen molar-refractivity contribution in [1.29, 1.82) is 0 Å². The van der Waals surface area contributed by atoms with E-state index in [2.05, 4.69) is 18.5 Å². The van der Waals surface area contributed by atoms with Crippen LogP contribution in [0.4, 0.5) is 0 Å². The number of rotatable bonds is 3. The Morgan fingerprint density at radius 2 is 2.29 bits per heavy atom. The third-order valence-electron chi connectivity index (χ3n) is 3.75. The molecule has 0 aromatic heterocycles. The minimum Gasteiger partial charge on any atom is -0.362 e. The van der Waals surface area contributed by atoms with Crippen LogP contribution in [0.15, 0.2) is 4.99 Å². The molecule has 2 rings (SSSR count). The second-order valence-corrected chi connectivity index (χ2v) is 7.22. The first-order valence-electron chi connectivity index (χ1n) is 6.81. The molecule has 0 amide bonds. The number of nitrogens with one attached hydrogen (secondary N) is 1. The molecule has 3 unspecified atom stereocenters. The molecule has 2 aliphatic rings. The lowest BCUT2D eigenvalue weighted by atomic mass is 9.95. The largest absolute Gasteiger partial charge is 0.362 e. The lowest BCUT2D eigenvalue weighted by Crippen LogP contribution is -2.39. The van der Waals surface area contributed by atoms with E-state index in [1.165, 1.54) is 49.4 Å². The van der Waals surface area contributed by atoms with E-state index < -0.39 is 0 Å². The average Bonchev–Trinajstić information content (AvgIpc) is 2.39. The number of aliphatic imine (C=N–C) groups is 1. The second kappa shape index (κ2) is 6.93. The molecule has 1 aliphatic heterocycles. The normalized spacial score (nSPS) is 34.2. The first kappa shape index (κ1) is 13.6. The molecule has 0 aromatic rings. The predicted octanol–water partition coefficient (Wildman–Crippen LogP) is 3.52. The smallest absolute Gasteiger partial charge is 0.157 e. The summed E-state index contributed by atoms with van der Waals surface area (Å²) in [5.41, 5.74) is 0. The molecule has 1 fully saturated rings. The number of amidine groups is 1. The van der Waals surface area contributed by atoms with Crippen molar-refractivity contribution in [2.24, 2.45) is 4.99 Å². The van der Waals surface area contributed by atoms with Crippen molar-refractivity contribution in [3.05, 3.63) is 0 Å². The zero-order chi connectivity index (χ0) is 12.1. The van der Waals surface area contributed by atoms with Crippen molar-refractivity contribution in [3.8, 4) is 0 Å². The molecule has 0 aromatic carbocycles. The fourth-order valence-electron chi connectivity index (χ4n) is 2.60. The zero-order valence-electron chi connectivity index (χ0n) is 10.9. The third-order valence-corrected chi connectivity index (χ3v) is 5.78. The van der Waals surface area contributed by atoms with Gasteiger partial charge in [-0.3, -0.25) is 4.99 Å². The Morgan fingerprint density at radius 3 is 3.06 bits per heavy atom. The summed E-state index contributed by atoms with van der Waals surface area (Å²) in [4.78, 5) is 4.81. The van der Waals surface area contributed by atoms with Crippen molar-refractivity contribution in [2.45, 2.75) is 62.8 Å². The summed E-state index contributed by atoms with van der Waals surface area (Å²) in [7, 11) is 0. The number of hydrogen-bond donors (Lipinski definition) is 1. The lowest BCUT2D eigenvalue weighted by molar-refractivity contribution is 0.423. The van der Waals surface area contributed by atoms with Gasteiger partial charge < -0.3 is 5.32 Å². The Balaban J connectivity index is 1.85. The summed E-state index contributed by atoms with van der Waals surface area (Å²) in [6, 6.07) is 1.24. The van der Waals surface area contributed by atoms with Gasteiger partial charge in [0, 0.05) is 17.0 Å². The Kier molecular flexibility index (Phi) is 5.54. The van der Waals surface area contributed by atoms with Crippen molar-refractivity contribution in [1.82, 2.24) is 5.32 Å². The number of hydrogen-bond acceptors (Lipinski definition) is 4. The molecule has 0 spiro atoms. The monoisotopic (exact) mass is 272 g/mol. The zero-order valence-corrected chi connectivity index (χ0v) is 12.6. The van der Waals surface area contributed by atoms with E-state index in [0.717, 1.165) is 5.25 Å². The van der Waals surface area contributed by atoms with Crippen LogP contribution in [0, 0.1) is 0 Å². The van der Waals surface area contributed by atoms with Crippen LogP contribution in [0.2, 0.25) is 0 Å². The van der Waals surface area contributed by atoms with Gasteiger partial charge in [0.1, 0.15) is 0 Å². The molecule has 2 nitrogen and oxygen atoms in total. The summed E-state index contributed by atoms with van der Waals surface area (Å²) in [6.07, 6.45) is 10.1. The van der Waals surface area contributed by atoms with E-state index in [9.17, 15) is 0 Å². The Labute approximate surface area is 114 Å².